The highest BCUT2D eigenvalue weighted by Gasteiger charge is 2.33. The first-order valence-electron chi connectivity index (χ1n) is 5.96. The first kappa shape index (κ1) is 11.8. The summed E-state index contributed by atoms with van der Waals surface area (Å²) in [5.74, 6) is 0.103. The molecular weight excluding hydrogens is 208 g/mol. The number of carbonyl (C=O) groups excluding carboxylic acids is 1. The van der Waals surface area contributed by atoms with E-state index in [1.807, 2.05) is 11.8 Å². The Labute approximate surface area is 95.9 Å². The summed E-state index contributed by atoms with van der Waals surface area (Å²) >= 11 is 0. The highest BCUT2D eigenvalue weighted by atomic mass is 16.5. The molecule has 3 unspecified atom stereocenters. The molecule has 2 rings (SSSR count). The number of hydrogen-bond acceptors (Lipinski definition) is 4. The fraction of sp³-hybridized carbons (Fsp3) is 0.909. The third kappa shape index (κ3) is 2.53. The summed E-state index contributed by atoms with van der Waals surface area (Å²) < 4.78 is 11.0. The quantitative estimate of drug-likeness (QED) is 0.707. The van der Waals surface area contributed by atoms with Crippen LogP contribution in [-0.4, -0.2) is 55.4 Å². The highest BCUT2D eigenvalue weighted by molar-refractivity contribution is 5.81. The molecule has 2 aliphatic heterocycles. The highest BCUT2D eigenvalue weighted by Crippen LogP contribution is 2.18. The topological polar surface area (TPSA) is 64.8 Å². The monoisotopic (exact) mass is 228 g/mol. The molecule has 0 spiro atoms. The zero-order valence-corrected chi connectivity index (χ0v) is 9.72. The molecule has 5 heteroatoms. The molecule has 92 valence electrons. The second-order valence-corrected chi connectivity index (χ2v) is 4.55. The first-order chi connectivity index (χ1) is 7.70. The van der Waals surface area contributed by atoms with E-state index < -0.39 is 0 Å². The average Bonchev–Trinajstić information content (AvgIpc) is 2.80. The summed E-state index contributed by atoms with van der Waals surface area (Å²) in [5, 5.41) is 0. The number of ether oxygens (including phenoxy) is 2. The minimum atomic E-state index is -0.233. The van der Waals surface area contributed by atoms with Crippen LogP contribution in [0.25, 0.3) is 0 Å². The van der Waals surface area contributed by atoms with Crippen LogP contribution < -0.4 is 5.73 Å². The van der Waals surface area contributed by atoms with Gasteiger partial charge in [-0.2, -0.15) is 0 Å². The lowest BCUT2D eigenvalue weighted by Gasteiger charge is -2.37. The minimum absolute atomic E-state index is 0.0332. The van der Waals surface area contributed by atoms with E-state index in [1.54, 1.807) is 0 Å². The van der Waals surface area contributed by atoms with Gasteiger partial charge in [-0.25, -0.2) is 0 Å². The summed E-state index contributed by atoms with van der Waals surface area (Å²) in [6.45, 7) is 4.38. The van der Waals surface area contributed by atoms with E-state index in [4.69, 9.17) is 15.2 Å². The third-order valence-corrected chi connectivity index (χ3v) is 3.11. The predicted octanol–water partition coefficient (Wildman–Crippen LogP) is -0.260. The molecule has 0 aromatic rings. The van der Waals surface area contributed by atoms with Crippen molar-refractivity contribution in [1.82, 2.24) is 4.90 Å². The molecule has 1 amide bonds. The lowest BCUT2D eigenvalue weighted by molar-refractivity contribution is -0.152. The molecule has 2 heterocycles. The Morgan fingerprint density at radius 2 is 2.31 bits per heavy atom. The van der Waals surface area contributed by atoms with Crippen molar-refractivity contribution in [3.63, 3.8) is 0 Å². The van der Waals surface area contributed by atoms with Crippen molar-refractivity contribution in [3.05, 3.63) is 0 Å². The van der Waals surface area contributed by atoms with Crippen LogP contribution in [-0.2, 0) is 14.3 Å². The van der Waals surface area contributed by atoms with Gasteiger partial charge in [-0.15, -0.1) is 0 Å². The van der Waals surface area contributed by atoms with E-state index in [0.717, 1.165) is 12.8 Å². The number of amides is 1. The standard InChI is InChI=1S/C11H20N2O3/c1-8-6-13(7-9(5-12)16-8)11(14)10-3-2-4-15-10/h8-10H,2-7,12H2,1H3. The lowest BCUT2D eigenvalue weighted by Crippen LogP contribution is -2.53. The normalized spacial score (nSPS) is 35.4. The van der Waals surface area contributed by atoms with Crippen LogP contribution in [0.1, 0.15) is 19.8 Å². The van der Waals surface area contributed by atoms with E-state index in [1.165, 1.54) is 0 Å². The second kappa shape index (κ2) is 5.12. The molecule has 2 N–H and O–H groups in total. The van der Waals surface area contributed by atoms with Gasteiger partial charge in [-0.05, 0) is 19.8 Å². The van der Waals surface area contributed by atoms with E-state index in [9.17, 15) is 4.79 Å². The molecule has 2 aliphatic rings. The maximum absolute atomic E-state index is 12.1. The first-order valence-corrected chi connectivity index (χ1v) is 5.96. The van der Waals surface area contributed by atoms with E-state index in [-0.39, 0.29) is 24.2 Å². The van der Waals surface area contributed by atoms with Gasteiger partial charge in [0.2, 0.25) is 0 Å². The number of nitrogens with two attached hydrogens (primary N) is 1. The van der Waals surface area contributed by atoms with E-state index in [0.29, 0.717) is 26.2 Å². The Balaban J connectivity index is 1.94. The average molecular weight is 228 g/mol. The molecule has 3 atom stereocenters. The van der Waals surface area contributed by atoms with Crippen LogP contribution in [0.15, 0.2) is 0 Å². The number of hydrogen-bond donors (Lipinski definition) is 1. The minimum Gasteiger partial charge on any atom is -0.370 e. The number of rotatable bonds is 2. The number of carbonyl (C=O) groups is 1. The Morgan fingerprint density at radius 3 is 2.94 bits per heavy atom. The van der Waals surface area contributed by atoms with Gasteiger partial charge in [0, 0.05) is 26.2 Å². The van der Waals surface area contributed by atoms with Crippen molar-refractivity contribution in [2.75, 3.05) is 26.2 Å². The number of morpholine rings is 1. The van der Waals surface area contributed by atoms with Gasteiger partial charge >= 0.3 is 0 Å². The SMILES string of the molecule is CC1CN(C(=O)C2CCCO2)CC(CN)O1. The Bertz CT molecular complexity index is 254. The molecule has 0 aromatic heterocycles. The molecular formula is C11H20N2O3. The molecule has 0 radical (unpaired) electrons. The van der Waals surface area contributed by atoms with Gasteiger partial charge in [0.15, 0.2) is 0 Å². The van der Waals surface area contributed by atoms with Gasteiger partial charge in [0.25, 0.3) is 5.91 Å². The summed E-state index contributed by atoms with van der Waals surface area (Å²) in [5.41, 5.74) is 5.59. The van der Waals surface area contributed by atoms with E-state index in [2.05, 4.69) is 0 Å². The van der Waals surface area contributed by atoms with Crippen LogP contribution in [0.3, 0.4) is 0 Å². The summed E-state index contributed by atoms with van der Waals surface area (Å²) in [7, 11) is 0. The fourth-order valence-corrected chi connectivity index (χ4v) is 2.33. The Kier molecular flexibility index (Phi) is 3.78. The van der Waals surface area contributed by atoms with Crippen molar-refractivity contribution in [1.29, 1.82) is 0 Å². The van der Waals surface area contributed by atoms with Gasteiger partial charge in [-0.3, -0.25) is 4.79 Å². The van der Waals surface area contributed by atoms with Crippen LogP contribution in [0, 0.1) is 0 Å². The molecule has 5 nitrogen and oxygen atoms in total. The largest absolute Gasteiger partial charge is 0.370 e. The van der Waals surface area contributed by atoms with E-state index >= 15 is 0 Å². The summed E-state index contributed by atoms with van der Waals surface area (Å²) in [6.07, 6.45) is 1.62. The van der Waals surface area contributed by atoms with Crippen LogP contribution in [0.5, 0.6) is 0 Å². The van der Waals surface area contributed by atoms with Gasteiger partial charge < -0.3 is 20.1 Å². The lowest BCUT2D eigenvalue weighted by atomic mass is 10.1. The van der Waals surface area contributed by atoms with Crippen molar-refractivity contribution < 1.29 is 14.3 Å². The molecule has 0 aromatic carbocycles. The van der Waals surface area contributed by atoms with Gasteiger partial charge in [0.1, 0.15) is 6.10 Å². The van der Waals surface area contributed by atoms with Crippen molar-refractivity contribution in [2.24, 2.45) is 5.73 Å². The second-order valence-electron chi connectivity index (χ2n) is 4.55. The van der Waals surface area contributed by atoms with Crippen molar-refractivity contribution >= 4 is 5.91 Å². The van der Waals surface area contributed by atoms with Crippen molar-refractivity contribution in [3.8, 4) is 0 Å². The third-order valence-electron chi connectivity index (χ3n) is 3.11. The zero-order valence-electron chi connectivity index (χ0n) is 9.72. The molecule has 2 saturated heterocycles. The van der Waals surface area contributed by atoms with Gasteiger partial charge in [0.05, 0.1) is 12.2 Å². The van der Waals surface area contributed by atoms with Crippen LogP contribution in [0.4, 0.5) is 0 Å². The van der Waals surface area contributed by atoms with Crippen LogP contribution >= 0.6 is 0 Å². The van der Waals surface area contributed by atoms with Gasteiger partial charge in [-0.1, -0.05) is 0 Å². The summed E-state index contributed by atoms with van der Waals surface area (Å²) in [4.78, 5) is 13.9. The Hall–Kier alpha value is -0.650. The smallest absolute Gasteiger partial charge is 0.251 e. The van der Waals surface area contributed by atoms with Crippen molar-refractivity contribution in [2.45, 2.75) is 38.1 Å². The molecule has 0 saturated carbocycles. The Morgan fingerprint density at radius 1 is 1.50 bits per heavy atom. The zero-order chi connectivity index (χ0) is 11.5. The molecule has 0 bridgehead atoms. The predicted molar refractivity (Wildman–Crippen MR) is 58.9 cm³/mol. The van der Waals surface area contributed by atoms with Crippen LogP contribution in [0.2, 0.25) is 0 Å². The maximum Gasteiger partial charge on any atom is 0.251 e. The molecule has 0 aliphatic carbocycles. The molecule has 2 fully saturated rings. The fourth-order valence-electron chi connectivity index (χ4n) is 2.33. The number of nitrogens with zero attached hydrogens (tertiary/aromatic N) is 1. The molecule has 16 heavy (non-hydrogen) atoms. The summed E-state index contributed by atoms with van der Waals surface area (Å²) in [6, 6.07) is 0. The maximum atomic E-state index is 12.1.